The Morgan fingerprint density at radius 2 is 1.16 bits per heavy atom. The van der Waals surface area contributed by atoms with Crippen LogP contribution in [0.2, 0.25) is 0 Å². The second-order valence-electron chi connectivity index (χ2n) is 7.02. The zero-order chi connectivity index (χ0) is 13.5. The molecule has 0 radical (unpaired) electrons. The first-order valence-corrected chi connectivity index (χ1v) is 9.03. The lowest BCUT2D eigenvalue weighted by molar-refractivity contribution is 0.354. The predicted octanol–water partition coefficient (Wildman–Crippen LogP) is 6.65. The van der Waals surface area contributed by atoms with Crippen LogP contribution in [0.4, 0.5) is 0 Å². The van der Waals surface area contributed by atoms with Crippen LogP contribution in [0.1, 0.15) is 97.3 Å². The zero-order valence-corrected chi connectivity index (χ0v) is 13.3. The third-order valence-corrected chi connectivity index (χ3v) is 5.58. The molecule has 2 fully saturated rings. The lowest BCUT2D eigenvalue weighted by Crippen LogP contribution is -2.13. The third kappa shape index (κ3) is 4.65. The van der Waals surface area contributed by atoms with E-state index in [1.807, 2.05) is 11.1 Å². The van der Waals surface area contributed by atoms with E-state index in [0.29, 0.717) is 0 Å². The molecule has 2 aliphatic carbocycles. The minimum absolute atomic E-state index is 1.05. The van der Waals surface area contributed by atoms with E-state index in [2.05, 4.69) is 13.8 Å². The molecule has 0 aromatic heterocycles. The number of unbranched alkanes of at least 4 members (excludes halogenated alkanes) is 1. The maximum absolute atomic E-state index is 2.34. The highest BCUT2D eigenvalue weighted by Gasteiger charge is 2.22. The van der Waals surface area contributed by atoms with Crippen LogP contribution < -0.4 is 0 Å². The van der Waals surface area contributed by atoms with Gasteiger partial charge in [-0.25, -0.2) is 0 Å². The van der Waals surface area contributed by atoms with Gasteiger partial charge in [-0.15, -0.1) is 0 Å². The summed E-state index contributed by atoms with van der Waals surface area (Å²) in [5, 5.41) is 0. The van der Waals surface area contributed by atoms with E-state index in [4.69, 9.17) is 0 Å². The average Bonchev–Trinajstić information content (AvgIpc) is 2.47. The van der Waals surface area contributed by atoms with Crippen LogP contribution in [-0.4, -0.2) is 0 Å². The highest BCUT2D eigenvalue weighted by molar-refractivity contribution is 5.18. The molecular weight excluding hydrogens is 228 g/mol. The molecule has 2 aliphatic rings. The largest absolute Gasteiger partial charge is 0.0710 e. The molecular formula is C19H34. The van der Waals surface area contributed by atoms with Gasteiger partial charge in [-0.2, -0.15) is 0 Å². The van der Waals surface area contributed by atoms with Gasteiger partial charge < -0.3 is 0 Å². The first-order valence-electron chi connectivity index (χ1n) is 9.03. The molecule has 110 valence electrons. The lowest BCUT2D eigenvalue weighted by atomic mass is 9.76. The summed E-state index contributed by atoms with van der Waals surface area (Å²) in [6.07, 6.45) is 18.9. The molecule has 0 amide bonds. The molecule has 0 spiro atoms. The summed E-state index contributed by atoms with van der Waals surface area (Å²) in [5.74, 6) is 2.11. The summed E-state index contributed by atoms with van der Waals surface area (Å²) in [4.78, 5) is 0. The fourth-order valence-corrected chi connectivity index (χ4v) is 4.24. The molecule has 0 aromatic rings. The number of hydrogen-bond donors (Lipinski definition) is 0. The fraction of sp³-hybridized carbons (Fsp3) is 0.895. The Morgan fingerprint density at radius 1 is 0.684 bits per heavy atom. The molecule has 2 rings (SSSR count). The van der Waals surface area contributed by atoms with Crippen molar-refractivity contribution in [1.29, 1.82) is 0 Å². The summed E-state index contributed by atoms with van der Waals surface area (Å²) < 4.78 is 0. The quantitative estimate of drug-likeness (QED) is 0.486. The first kappa shape index (κ1) is 15.1. The second kappa shape index (κ2) is 8.12. The van der Waals surface area contributed by atoms with Crippen molar-refractivity contribution in [2.45, 2.75) is 97.3 Å². The van der Waals surface area contributed by atoms with Crippen LogP contribution >= 0.6 is 0 Å². The average molecular weight is 262 g/mol. The van der Waals surface area contributed by atoms with E-state index in [1.54, 1.807) is 0 Å². The van der Waals surface area contributed by atoms with Gasteiger partial charge in [0, 0.05) is 0 Å². The molecule has 0 unspecified atom stereocenters. The van der Waals surface area contributed by atoms with Crippen molar-refractivity contribution in [3.05, 3.63) is 11.1 Å². The number of allylic oxidation sites excluding steroid dienone is 2. The standard InChI is InChI=1S/C19H34/c1-3-5-7-17-10-14-19(15-11-17)18-12-8-16(6-4-2)9-13-18/h16-17H,3-15H2,1-2H3. The zero-order valence-electron chi connectivity index (χ0n) is 13.3. The van der Waals surface area contributed by atoms with E-state index < -0.39 is 0 Å². The van der Waals surface area contributed by atoms with Gasteiger partial charge in [0.15, 0.2) is 0 Å². The van der Waals surface area contributed by atoms with Crippen LogP contribution in [0.25, 0.3) is 0 Å². The van der Waals surface area contributed by atoms with Crippen molar-refractivity contribution in [1.82, 2.24) is 0 Å². The van der Waals surface area contributed by atoms with Crippen molar-refractivity contribution in [2.75, 3.05) is 0 Å². The molecule has 19 heavy (non-hydrogen) atoms. The summed E-state index contributed by atoms with van der Waals surface area (Å²) in [6.45, 7) is 4.66. The van der Waals surface area contributed by atoms with Gasteiger partial charge in [0.1, 0.15) is 0 Å². The minimum Gasteiger partial charge on any atom is -0.0710 e. The Balaban J connectivity index is 1.76. The van der Waals surface area contributed by atoms with E-state index in [0.717, 1.165) is 11.8 Å². The minimum atomic E-state index is 1.05. The third-order valence-electron chi connectivity index (χ3n) is 5.58. The Morgan fingerprint density at radius 3 is 1.58 bits per heavy atom. The summed E-state index contributed by atoms with van der Waals surface area (Å²) in [7, 11) is 0. The summed E-state index contributed by atoms with van der Waals surface area (Å²) in [5.41, 5.74) is 3.78. The van der Waals surface area contributed by atoms with Crippen molar-refractivity contribution >= 4 is 0 Å². The van der Waals surface area contributed by atoms with Crippen LogP contribution in [0.5, 0.6) is 0 Å². The van der Waals surface area contributed by atoms with E-state index in [9.17, 15) is 0 Å². The molecule has 0 atom stereocenters. The molecule has 0 bridgehead atoms. The second-order valence-corrected chi connectivity index (χ2v) is 7.02. The van der Waals surface area contributed by atoms with Crippen LogP contribution in [0.15, 0.2) is 11.1 Å². The Hall–Kier alpha value is -0.260. The lowest BCUT2D eigenvalue weighted by Gasteiger charge is -2.30. The number of hydrogen-bond acceptors (Lipinski definition) is 0. The van der Waals surface area contributed by atoms with Gasteiger partial charge in [0.2, 0.25) is 0 Å². The molecule has 0 aliphatic heterocycles. The van der Waals surface area contributed by atoms with Gasteiger partial charge in [-0.1, -0.05) is 57.1 Å². The van der Waals surface area contributed by atoms with Crippen molar-refractivity contribution in [3.8, 4) is 0 Å². The highest BCUT2D eigenvalue weighted by Crippen LogP contribution is 2.39. The maximum atomic E-state index is 2.34. The van der Waals surface area contributed by atoms with Crippen molar-refractivity contribution < 1.29 is 0 Å². The van der Waals surface area contributed by atoms with E-state index >= 15 is 0 Å². The molecule has 0 aromatic carbocycles. The van der Waals surface area contributed by atoms with Gasteiger partial charge in [-0.3, -0.25) is 0 Å². The van der Waals surface area contributed by atoms with Crippen LogP contribution in [0, 0.1) is 11.8 Å². The first-order chi connectivity index (χ1) is 9.33. The molecule has 0 nitrogen and oxygen atoms in total. The summed E-state index contributed by atoms with van der Waals surface area (Å²) >= 11 is 0. The SMILES string of the molecule is CCCCC1CCC(=C2CCC(CCC)CC2)CC1. The molecule has 0 saturated heterocycles. The van der Waals surface area contributed by atoms with Gasteiger partial charge >= 0.3 is 0 Å². The Kier molecular flexibility index (Phi) is 6.47. The smallest absolute Gasteiger partial charge is 0.0315 e. The van der Waals surface area contributed by atoms with Crippen molar-refractivity contribution in [3.63, 3.8) is 0 Å². The normalized spacial score (nSPS) is 28.7. The maximum Gasteiger partial charge on any atom is -0.0315 e. The van der Waals surface area contributed by atoms with Gasteiger partial charge in [-0.05, 0) is 63.2 Å². The Bertz CT molecular complexity index is 266. The molecule has 0 N–H and O–H groups in total. The fourth-order valence-electron chi connectivity index (χ4n) is 4.24. The van der Waals surface area contributed by atoms with E-state index in [1.165, 1.54) is 83.5 Å². The molecule has 0 heterocycles. The van der Waals surface area contributed by atoms with Crippen LogP contribution in [0.3, 0.4) is 0 Å². The monoisotopic (exact) mass is 262 g/mol. The van der Waals surface area contributed by atoms with E-state index in [-0.39, 0.29) is 0 Å². The van der Waals surface area contributed by atoms with Gasteiger partial charge in [0.05, 0.1) is 0 Å². The van der Waals surface area contributed by atoms with Crippen LogP contribution in [-0.2, 0) is 0 Å². The van der Waals surface area contributed by atoms with Gasteiger partial charge in [0.25, 0.3) is 0 Å². The van der Waals surface area contributed by atoms with Crippen molar-refractivity contribution in [2.24, 2.45) is 11.8 Å². The summed E-state index contributed by atoms with van der Waals surface area (Å²) in [6, 6.07) is 0. The predicted molar refractivity (Wildman–Crippen MR) is 85.4 cm³/mol. The Labute approximate surface area is 121 Å². The number of rotatable bonds is 5. The topological polar surface area (TPSA) is 0 Å². The highest BCUT2D eigenvalue weighted by atomic mass is 14.3. The molecule has 0 heteroatoms. The molecule has 2 saturated carbocycles.